The van der Waals surface area contributed by atoms with E-state index in [1.54, 1.807) is 0 Å². The summed E-state index contributed by atoms with van der Waals surface area (Å²) in [5.74, 6) is -3.98. The van der Waals surface area contributed by atoms with Crippen LogP contribution in [0, 0.1) is 21.7 Å². The largest absolute Gasteiger partial charge is 0.454 e. The van der Waals surface area contributed by atoms with Crippen LogP contribution in [0.25, 0.3) is 0 Å². The Balaban J connectivity index is 1.79. The fraction of sp³-hybridized carbons (Fsp3) is 0.263. The lowest BCUT2D eigenvalue weighted by atomic mass is 10.1. The van der Waals surface area contributed by atoms with Gasteiger partial charge in [-0.15, -0.1) is 0 Å². The number of anilines is 1. The molecule has 0 aliphatic carbocycles. The van der Waals surface area contributed by atoms with Crippen molar-refractivity contribution < 1.29 is 32.8 Å². The molecule has 10 heteroatoms. The molecule has 0 bridgehead atoms. The number of esters is 1. The van der Waals surface area contributed by atoms with E-state index in [-0.39, 0.29) is 16.8 Å². The lowest BCUT2D eigenvalue weighted by Gasteiger charge is -2.30. The number of rotatable bonds is 6. The average Bonchev–Trinajstić information content (AvgIpc) is 2.73. The van der Waals surface area contributed by atoms with Crippen LogP contribution in [-0.4, -0.2) is 49.6 Å². The van der Waals surface area contributed by atoms with Crippen LogP contribution in [-0.2, 0) is 9.47 Å². The number of Topliss-reactive ketones (excluding diaryl/α,β-unsaturated/α-hetero) is 1. The van der Waals surface area contributed by atoms with Crippen LogP contribution >= 0.6 is 0 Å². The minimum Gasteiger partial charge on any atom is -0.454 e. The van der Waals surface area contributed by atoms with Gasteiger partial charge in [0.05, 0.1) is 29.4 Å². The van der Waals surface area contributed by atoms with Gasteiger partial charge in [-0.2, -0.15) is 0 Å². The number of ketones is 1. The highest BCUT2D eigenvalue weighted by Crippen LogP contribution is 2.27. The van der Waals surface area contributed by atoms with Crippen molar-refractivity contribution in [3.05, 3.63) is 69.3 Å². The van der Waals surface area contributed by atoms with Gasteiger partial charge in [0.15, 0.2) is 24.0 Å². The highest BCUT2D eigenvalue weighted by Gasteiger charge is 2.24. The van der Waals surface area contributed by atoms with Crippen molar-refractivity contribution in [1.29, 1.82) is 0 Å². The quantitative estimate of drug-likeness (QED) is 0.315. The second-order valence-corrected chi connectivity index (χ2v) is 6.19. The summed E-state index contributed by atoms with van der Waals surface area (Å²) in [7, 11) is 0. The van der Waals surface area contributed by atoms with Crippen LogP contribution < -0.4 is 4.90 Å². The monoisotopic (exact) mass is 406 g/mol. The summed E-state index contributed by atoms with van der Waals surface area (Å²) in [6.45, 7) is 1.09. The van der Waals surface area contributed by atoms with E-state index >= 15 is 0 Å². The van der Waals surface area contributed by atoms with Gasteiger partial charge in [-0.25, -0.2) is 13.6 Å². The molecule has 152 valence electrons. The van der Waals surface area contributed by atoms with Crippen LogP contribution in [0.3, 0.4) is 0 Å². The Morgan fingerprint density at radius 1 is 1.10 bits per heavy atom. The Bertz CT molecular complexity index is 960. The minimum absolute atomic E-state index is 0.0702. The number of hydrogen-bond donors (Lipinski definition) is 0. The van der Waals surface area contributed by atoms with Crippen molar-refractivity contribution in [1.82, 2.24) is 0 Å². The average molecular weight is 406 g/mol. The molecule has 1 aliphatic rings. The zero-order valence-corrected chi connectivity index (χ0v) is 15.1. The Labute approximate surface area is 163 Å². The highest BCUT2D eigenvalue weighted by atomic mass is 19.2. The van der Waals surface area contributed by atoms with Crippen LogP contribution in [0.2, 0.25) is 0 Å². The molecule has 1 saturated heterocycles. The number of nitro benzene ring substituents is 1. The molecule has 2 aromatic carbocycles. The summed E-state index contributed by atoms with van der Waals surface area (Å²) in [5.41, 5.74) is -0.117. The molecule has 0 saturated carbocycles. The molecule has 1 aliphatic heterocycles. The third-order valence-electron chi connectivity index (χ3n) is 4.34. The number of nitrogens with zero attached hydrogens (tertiary/aromatic N) is 2. The van der Waals surface area contributed by atoms with Gasteiger partial charge >= 0.3 is 5.97 Å². The van der Waals surface area contributed by atoms with Crippen LogP contribution in [0.5, 0.6) is 0 Å². The lowest BCUT2D eigenvalue weighted by molar-refractivity contribution is -0.384. The summed E-state index contributed by atoms with van der Waals surface area (Å²) in [5, 5.41) is 11.1. The van der Waals surface area contributed by atoms with Gasteiger partial charge in [0.1, 0.15) is 0 Å². The van der Waals surface area contributed by atoms with Gasteiger partial charge < -0.3 is 14.4 Å². The number of benzene rings is 2. The number of carbonyl (C=O) groups is 2. The lowest BCUT2D eigenvalue weighted by Crippen LogP contribution is -2.37. The summed E-state index contributed by atoms with van der Waals surface area (Å²) in [6, 6.07) is 6.36. The van der Waals surface area contributed by atoms with Gasteiger partial charge in [0.25, 0.3) is 5.69 Å². The molecule has 1 fully saturated rings. The summed E-state index contributed by atoms with van der Waals surface area (Å²) in [4.78, 5) is 36.9. The van der Waals surface area contributed by atoms with Crippen molar-refractivity contribution >= 4 is 23.1 Å². The first-order valence-corrected chi connectivity index (χ1v) is 8.63. The second-order valence-electron chi connectivity index (χ2n) is 6.19. The van der Waals surface area contributed by atoms with Crippen molar-refractivity contribution in [3.63, 3.8) is 0 Å². The van der Waals surface area contributed by atoms with E-state index in [2.05, 4.69) is 0 Å². The Kier molecular flexibility index (Phi) is 6.13. The zero-order valence-electron chi connectivity index (χ0n) is 15.1. The van der Waals surface area contributed by atoms with E-state index in [9.17, 15) is 28.5 Å². The summed E-state index contributed by atoms with van der Waals surface area (Å²) in [6.07, 6.45) is 0. The van der Waals surface area contributed by atoms with E-state index in [0.29, 0.717) is 38.1 Å². The zero-order chi connectivity index (χ0) is 21.0. The molecule has 29 heavy (non-hydrogen) atoms. The van der Waals surface area contributed by atoms with Crippen LogP contribution in [0.4, 0.5) is 20.2 Å². The molecular weight excluding hydrogens is 390 g/mol. The highest BCUT2D eigenvalue weighted by molar-refractivity contribution is 6.01. The smallest absolute Gasteiger partial charge is 0.340 e. The first kappa shape index (κ1) is 20.3. The predicted octanol–water partition coefficient (Wildman–Crippen LogP) is 2.75. The Hall–Kier alpha value is -3.40. The second kappa shape index (κ2) is 8.74. The van der Waals surface area contributed by atoms with E-state index < -0.39 is 34.9 Å². The normalized spacial score (nSPS) is 13.8. The number of morpholine rings is 1. The van der Waals surface area contributed by atoms with Crippen LogP contribution in [0.1, 0.15) is 20.7 Å². The van der Waals surface area contributed by atoms with Gasteiger partial charge in [0, 0.05) is 30.8 Å². The van der Waals surface area contributed by atoms with Crippen molar-refractivity contribution in [3.8, 4) is 0 Å². The predicted molar refractivity (Wildman–Crippen MR) is 97.1 cm³/mol. The number of non-ortho nitro benzene ring substituents is 1. The molecule has 0 aromatic heterocycles. The number of halogens is 2. The van der Waals surface area contributed by atoms with E-state index in [1.807, 2.05) is 4.90 Å². The van der Waals surface area contributed by atoms with Gasteiger partial charge in [-0.1, -0.05) is 0 Å². The molecule has 3 rings (SSSR count). The van der Waals surface area contributed by atoms with Crippen molar-refractivity contribution in [2.75, 3.05) is 37.8 Å². The first-order valence-electron chi connectivity index (χ1n) is 8.63. The Morgan fingerprint density at radius 2 is 1.83 bits per heavy atom. The summed E-state index contributed by atoms with van der Waals surface area (Å²) < 4.78 is 36.5. The molecule has 0 spiro atoms. The van der Waals surface area contributed by atoms with Gasteiger partial charge in [-0.05, 0) is 24.3 Å². The molecular formula is C19H16F2N2O6. The number of ether oxygens (including phenoxy) is 2. The van der Waals surface area contributed by atoms with Crippen molar-refractivity contribution in [2.45, 2.75) is 0 Å². The van der Waals surface area contributed by atoms with Gasteiger partial charge in [0.2, 0.25) is 0 Å². The SMILES string of the molecule is O=C(COC(=O)c1cc([N+](=O)[O-])ccc1N1CCOCC1)c1ccc(F)c(F)c1. The third-order valence-corrected chi connectivity index (χ3v) is 4.34. The summed E-state index contributed by atoms with van der Waals surface area (Å²) >= 11 is 0. The molecule has 0 radical (unpaired) electrons. The maximum absolute atomic E-state index is 13.3. The van der Waals surface area contributed by atoms with Crippen molar-refractivity contribution in [2.24, 2.45) is 0 Å². The standard InChI is InChI=1S/C19H16F2N2O6/c20-15-3-1-12(9-16(15)21)18(24)11-29-19(25)14-10-13(23(26)27)2-4-17(14)22-5-7-28-8-6-22/h1-4,9-10H,5-8,11H2. The fourth-order valence-corrected chi connectivity index (χ4v) is 2.84. The fourth-order valence-electron chi connectivity index (χ4n) is 2.84. The third kappa shape index (κ3) is 4.72. The number of nitro groups is 1. The minimum atomic E-state index is -1.20. The van der Waals surface area contributed by atoms with E-state index in [4.69, 9.17) is 9.47 Å². The van der Waals surface area contributed by atoms with E-state index in [1.165, 1.54) is 12.1 Å². The Morgan fingerprint density at radius 3 is 2.48 bits per heavy atom. The van der Waals surface area contributed by atoms with E-state index in [0.717, 1.165) is 18.2 Å². The topological polar surface area (TPSA) is 99.0 Å². The van der Waals surface area contributed by atoms with Gasteiger partial charge in [-0.3, -0.25) is 14.9 Å². The molecule has 0 unspecified atom stereocenters. The molecule has 0 amide bonds. The molecule has 8 nitrogen and oxygen atoms in total. The molecule has 0 atom stereocenters. The molecule has 1 heterocycles. The maximum atomic E-state index is 13.3. The first-order chi connectivity index (χ1) is 13.9. The van der Waals surface area contributed by atoms with Crippen LogP contribution in [0.15, 0.2) is 36.4 Å². The number of carbonyl (C=O) groups excluding carboxylic acids is 2. The molecule has 2 aromatic rings. The number of hydrogen-bond acceptors (Lipinski definition) is 7. The molecule has 0 N–H and O–H groups in total. The maximum Gasteiger partial charge on any atom is 0.340 e.